The van der Waals surface area contributed by atoms with Crippen molar-refractivity contribution in [2.24, 2.45) is 0 Å². The molecule has 4 rings (SSSR count). The average Bonchev–Trinajstić information content (AvgIpc) is 2.99. The predicted molar refractivity (Wildman–Crippen MR) is 90.9 cm³/mol. The van der Waals surface area contributed by atoms with E-state index in [1.54, 1.807) is 0 Å². The first-order chi connectivity index (χ1) is 11.3. The summed E-state index contributed by atoms with van der Waals surface area (Å²) in [7, 11) is 0. The highest BCUT2D eigenvalue weighted by atomic mass is 35.5. The number of rotatable bonds is 3. The minimum atomic E-state index is 0.404. The molecule has 1 fully saturated rings. The van der Waals surface area contributed by atoms with Crippen LogP contribution in [0.15, 0.2) is 42.6 Å². The Hall–Kier alpha value is -2.11. The Morgan fingerprint density at radius 1 is 1.13 bits per heavy atom. The number of nitrogens with zero attached hydrogens (tertiary/aromatic N) is 3. The lowest BCUT2D eigenvalue weighted by Gasteiger charge is -2.23. The van der Waals surface area contributed by atoms with Gasteiger partial charge in [-0.1, -0.05) is 29.8 Å². The van der Waals surface area contributed by atoms with Crippen molar-refractivity contribution in [3.63, 3.8) is 0 Å². The third-order valence-corrected chi connectivity index (χ3v) is 4.42. The quantitative estimate of drug-likeness (QED) is 0.797. The van der Waals surface area contributed by atoms with E-state index in [9.17, 15) is 0 Å². The molecule has 3 aromatic rings. The van der Waals surface area contributed by atoms with Crippen LogP contribution < -0.4 is 5.32 Å². The number of anilines is 1. The Labute approximate surface area is 139 Å². The number of fused-ring (bicyclic) bond motifs is 1. The van der Waals surface area contributed by atoms with Crippen molar-refractivity contribution >= 4 is 23.1 Å². The van der Waals surface area contributed by atoms with Crippen LogP contribution >= 0.6 is 11.6 Å². The highest BCUT2D eigenvalue weighted by molar-refractivity contribution is 6.33. The van der Waals surface area contributed by atoms with Crippen molar-refractivity contribution in [1.82, 2.24) is 14.6 Å². The highest BCUT2D eigenvalue weighted by Gasteiger charge is 2.15. The number of halogens is 1. The van der Waals surface area contributed by atoms with Gasteiger partial charge in [0.25, 0.3) is 0 Å². The number of nitrogens with one attached hydrogen (secondary N) is 1. The number of imidazole rings is 1. The third-order valence-electron chi connectivity index (χ3n) is 4.09. The number of aromatic nitrogens is 3. The summed E-state index contributed by atoms with van der Waals surface area (Å²) in [5.74, 6) is 0.843. The maximum absolute atomic E-state index is 6.31. The zero-order valence-electron chi connectivity index (χ0n) is 12.6. The number of ether oxygens (including phenoxy) is 1. The minimum Gasteiger partial charge on any atom is -0.381 e. The Balaban J connectivity index is 1.70. The number of hydrogen-bond acceptors (Lipinski definition) is 4. The summed E-state index contributed by atoms with van der Waals surface area (Å²) in [6.07, 6.45) is 3.81. The second-order valence-electron chi connectivity index (χ2n) is 5.64. The Bertz CT molecular complexity index is 826. The van der Waals surface area contributed by atoms with Crippen LogP contribution in [0.25, 0.3) is 16.9 Å². The zero-order chi connectivity index (χ0) is 15.6. The summed E-state index contributed by atoms with van der Waals surface area (Å²) in [5.41, 5.74) is 2.62. The van der Waals surface area contributed by atoms with E-state index in [4.69, 9.17) is 21.4 Å². The Kier molecular flexibility index (Phi) is 3.89. The lowest BCUT2D eigenvalue weighted by molar-refractivity contribution is 0.0903. The van der Waals surface area contributed by atoms with Gasteiger partial charge in [-0.2, -0.15) is 0 Å². The fraction of sp³-hybridized carbons (Fsp3) is 0.294. The van der Waals surface area contributed by atoms with E-state index in [0.717, 1.165) is 48.8 Å². The second kappa shape index (κ2) is 6.18. The molecule has 1 aliphatic rings. The van der Waals surface area contributed by atoms with E-state index in [1.165, 1.54) is 0 Å². The standard InChI is InChI=1S/C17H17ClN4O/c18-14-4-2-1-3-13(14)15-11-19-17-6-5-16(21-22(15)17)20-12-7-9-23-10-8-12/h1-6,11-12H,7-10H2,(H,20,21). The smallest absolute Gasteiger partial charge is 0.154 e. The number of benzene rings is 1. The monoisotopic (exact) mass is 328 g/mol. The molecule has 0 amide bonds. The summed E-state index contributed by atoms with van der Waals surface area (Å²) in [5, 5.41) is 8.87. The van der Waals surface area contributed by atoms with Crippen LogP contribution in [0.3, 0.4) is 0 Å². The van der Waals surface area contributed by atoms with Crippen molar-refractivity contribution < 1.29 is 4.74 Å². The predicted octanol–water partition coefficient (Wildman–Crippen LogP) is 3.64. The van der Waals surface area contributed by atoms with Gasteiger partial charge in [-0.15, -0.1) is 5.10 Å². The fourth-order valence-electron chi connectivity index (χ4n) is 2.85. The van der Waals surface area contributed by atoms with Gasteiger partial charge >= 0.3 is 0 Å². The van der Waals surface area contributed by atoms with Gasteiger partial charge in [0.05, 0.1) is 16.9 Å². The molecule has 0 atom stereocenters. The molecule has 5 nitrogen and oxygen atoms in total. The molecule has 0 radical (unpaired) electrons. The Morgan fingerprint density at radius 2 is 1.96 bits per heavy atom. The summed E-state index contributed by atoms with van der Waals surface area (Å²) in [4.78, 5) is 4.42. The molecule has 1 saturated heterocycles. The van der Waals surface area contributed by atoms with Gasteiger partial charge < -0.3 is 10.1 Å². The molecule has 118 valence electrons. The van der Waals surface area contributed by atoms with Crippen molar-refractivity contribution in [2.75, 3.05) is 18.5 Å². The molecule has 1 aromatic carbocycles. The molecule has 2 aromatic heterocycles. The maximum atomic E-state index is 6.31. The van der Waals surface area contributed by atoms with Crippen molar-refractivity contribution in [1.29, 1.82) is 0 Å². The van der Waals surface area contributed by atoms with Crippen molar-refractivity contribution in [3.05, 3.63) is 47.6 Å². The lowest BCUT2D eigenvalue weighted by atomic mass is 10.1. The SMILES string of the molecule is Clc1ccccc1-c1cnc2ccc(NC3CCOCC3)nn12. The molecule has 1 N–H and O–H groups in total. The molecule has 6 heteroatoms. The van der Waals surface area contributed by atoms with E-state index >= 15 is 0 Å². The van der Waals surface area contributed by atoms with Crippen LogP contribution in [0.1, 0.15) is 12.8 Å². The van der Waals surface area contributed by atoms with Crippen LogP contribution in [0.2, 0.25) is 5.02 Å². The van der Waals surface area contributed by atoms with E-state index < -0.39 is 0 Å². The maximum Gasteiger partial charge on any atom is 0.154 e. The number of hydrogen-bond donors (Lipinski definition) is 1. The fourth-order valence-corrected chi connectivity index (χ4v) is 3.09. The van der Waals surface area contributed by atoms with Gasteiger partial charge in [0.1, 0.15) is 5.82 Å². The molecule has 23 heavy (non-hydrogen) atoms. The Morgan fingerprint density at radius 3 is 2.78 bits per heavy atom. The van der Waals surface area contributed by atoms with E-state index in [-0.39, 0.29) is 0 Å². The van der Waals surface area contributed by atoms with E-state index in [2.05, 4.69) is 10.3 Å². The summed E-state index contributed by atoms with van der Waals surface area (Å²) >= 11 is 6.31. The lowest BCUT2D eigenvalue weighted by Crippen LogP contribution is -2.28. The van der Waals surface area contributed by atoms with E-state index in [0.29, 0.717) is 11.1 Å². The molecule has 0 saturated carbocycles. The minimum absolute atomic E-state index is 0.404. The van der Waals surface area contributed by atoms with Gasteiger partial charge in [-0.25, -0.2) is 9.50 Å². The van der Waals surface area contributed by atoms with Crippen LogP contribution in [0.4, 0.5) is 5.82 Å². The van der Waals surface area contributed by atoms with Crippen LogP contribution in [0.5, 0.6) is 0 Å². The average molecular weight is 329 g/mol. The molecule has 0 bridgehead atoms. The van der Waals surface area contributed by atoms with Crippen molar-refractivity contribution in [3.8, 4) is 11.3 Å². The largest absolute Gasteiger partial charge is 0.381 e. The van der Waals surface area contributed by atoms with Crippen LogP contribution in [-0.2, 0) is 4.74 Å². The third kappa shape index (κ3) is 2.90. The van der Waals surface area contributed by atoms with Gasteiger partial charge in [0, 0.05) is 24.8 Å². The van der Waals surface area contributed by atoms with Gasteiger partial charge in [0.2, 0.25) is 0 Å². The first kappa shape index (κ1) is 14.5. The molecule has 0 aliphatic carbocycles. The van der Waals surface area contributed by atoms with Gasteiger partial charge in [-0.3, -0.25) is 0 Å². The van der Waals surface area contributed by atoms with Crippen LogP contribution in [0, 0.1) is 0 Å². The summed E-state index contributed by atoms with van der Waals surface area (Å²) in [6, 6.07) is 12.1. The molecular formula is C17H17ClN4O. The molecule has 1 aliphatic heterocycles. The first-order valence-electron chi connectivity index (χ1n) is 7.75. The molecule has 3 heterocycles. The molecular weight excluding hydrogens is 312 g/mol. The van der Waals surface area contributed by atoms with E-state index in [1.807, 2.05) is 47.1 Å². The zero-order valence-corrected chi connectivity index (χ0v) is 13.3. The molecule has 0 unspecified atom stereocenters. The second-order valence-corrected chi connectivity index (χ2v) is 6.05. The topological polar surface area (TPSA) is 51.5 Å². The summed E-state index contributed by atoms with van der Waals surface area (Å²) in [6.45, 7) is 1.60. The van der Waals surface area contributed by atoms with Gasteiger partial charge in [0.15, 0.2) is 5.65 Å². The van der Waals surface area contributed by atoms with Crippen molar-refractivity contribution in [2.45, 2.75) is 18.9 Å². The normalized spacial score (nSPS) is 15.9. The summed E-state index contributed by atoms with van der Waals surface area (Å²) < 4.78 is 7.23. The highest BCUT2D eigenvalue weighted by Crippen LogP contribution is 2.28. The van der Waals surface area contributed by atoms with Crippen LogP contribution in [-0.4, -0.2) is 33.9 Å². The van der Waals surface area contributed by atoms with Gasteiger partial charge in [-0.05, 0) is 31.0 Å². The molecule has 0 spiro atoms. The first-order valence-corrected chi connectivity index (χ1v) is 8.13.